The number of ether oxygens (including phenoxy) is 3. The second-order valence-corrected chi connectivity index (χ2v) is 5.78. The predicted octanol–water partition coefficient (Wildman–Crippen LogP) is 4.62. The summed E-state index contributed by atoms with van der Waals surface area (Å²) in [5, 5.41) is 2.12. The van der Waals surface area contributed by atoms with Crippen molar-refractivity contribution in [2.45, 2.75) is 0 Å². The third kappa shape index (κ3) is 5.31. The maximum atomic E-state index is 12.8. The standard InChI is InChI=1S/C22H19FO4/c1-25-21-8-5-17-14-16(2-4-18(17)15-21)3-11-22(24)27-13-12-26-20-9-6-19(23)7-10-20/h2-11,14-15H,12-13H2,1H3/b11-3+. The molecule has 0 radical (unpaired) electrons. The summed E-state index contributed by atoms with van der Waals surface area (Å²) in [5.41, 5.74) is 0.896. The van der Waals surface area contributed by atoms with E-state index < -0.39 is 5.97 Å². The fourth-order valence-corrected chi connectivity index (χ4v) is 2.52. The Bertz CT molecular complexity index is 948. The van der Waals surface area contributed by atoms with E-state index in [-0.39, 0.29) is 19.0 Å². The maximum Gasteiger partial charge on any atom is 0.330 e. The number of carbonyl (C=O) groups excluding carboxylic acids is 1. The van der Waals surface area contributed by atoms with Gasteiger partial charge in [-0.1, -0.05) is 18.2 Å². The van der Waals surface area contributed by atoms with Crippen LogP contribution in [0.4, 0.5) is 4.39 Å². The predicted molar refractivity (Wildman–Crippen MR) is 102 cm³/mol. The number of hydrogen-bond acceptors (Lipinski definition) is 4. The smallest absolute Gasteiger partial charge is 0.330 e. The van der Waals surface area contributed by atoms with Crippen molar-refractivity contribution in [3.8, 4) is 11.5 Å². The molecule has 0 spiro atoms. The zero-order chi connectivity index (χ0) is 19.1. The van der Waals surface area contributed by atoms with Crippen molar-refractivity contribution in [2.24, 2.45) is 0 Å². The van der Waals surface area contributed by atoms with Crippen molar-refractivity contribution in [1.29, 1.82) is 0 Å². The van der Waals surface area contributed by atoms with Gasteiger partial charge in [0.05, 0.1) is 7.11 Å². The molecule has 0 atom stereocenters. The highest BCUT2D eigenvalue weighted by atomic mass is 19.1. The zero-order valence-electron chi connectivity index (χ0n) is 14.9. The first kappa shape index (κ1) is 18.5. The van der Waals surface area contributed by atoms with E-state index in [9.17, 15) is 9.18 Å². The van der Waals surface area contributed by atoms with Crippen molar-refractivity contribution in [3.05, 3.63) is 78.1 Å². The molecule has 5 heteroatoms. The molecule has 0 saturated heterocycles. The number of hydrogen-bond donors (Lipinski definition) is 0. The Kier molecular flexibility index (Phi) is 6.05. The second kappa shape index (κ2) is 8.85. The molecule has 0 N–H and O–H groups in total. The van der Waals surface area contributed by atoms with Crippen LogP contribution in [0.5, 0.6) is 11.5 Å². The van der Waals surface area contributed by atoms with Crippen LogP contribution < -0.4 is 9.47 Å². The summed E-state index contributed by atoms with van der Waals surface area (Å²) in [4.78, 5) is 11.8. The van der Waals surface area contributed by atoms with E-state index in [1.165, 1.54) is 30.3 Å². The Morgan fingerprint density at radius 1 is 0.926 bits per heavy atom. The quantitative estimate of drug-likeness (QED) is 0.348. The fourth-order valence-electron chi connectivity index (χ4n) is 2.52. The normalized spacial score (nSPS) is 10.9. The lowest BCUT2D eigenvalue weighted by Gasteiger charge is -2.06. The van der Waals surface area contributed by atoms with E-state index in [0.29, 0.717) is 5.75 Å². The van der Waals surface area contributed by atoms with Crippen molar-refractivity contribution < 1.29 is 23.4 Å². The molecule has 0 aliphatic carbocycles. The molecule has 0 unspecified atom stereocenters. The highest BCUT2D eigenvalue weighted by molar-refractivity contribution is 5.90. The minimum absolute atomic E-state index is 0.109. The van der Waals surface area contributed by atoms with Crippen LogP contribution >= 0.6 is 0 Å². The number of methoxy groups -OCH3 is 1. The number of halogens is 1. The number of esters is 1. The van der Waals surface area contributed by atoms with Crippen LogP contribution in [0.3, 0.4) is 0 Å². The van der Waals surface area contributed by atoms with Gasteiger partial charge in [0.25, 0.3) is 0 Å². The second-order valence-electron chi connectivity index (χ2n) is 5.78. The average molecular weight is 366 g/mol. The number of carbonyl (C=O) groups is 1. The van der Waals surface area contributed by atoms with Crippen LogP contribution in [0.1, 0.15) is 5.56 Å². The molecule has 138 valence electrons. The zero-order valence-corrected chi connectivity index (χ0v) is 14.9. The van der Waals surface area contributed by atoms with Crippen molar-refractivity contribution in [2.75, 3.05) is 20.3 Å². The Balaban J connectivity index is 1.49. The molecule has 0 aromatic heterocycles. The highest BCUT2D eigenvalue weighted by Gasteiger charge is 2.00. The van der Waals surface area contributed by atoms with Gasteiger partial charge in [-0.15, -0.1) is 0 Å². The molecule has 0 heterocycles. The highest BCUT2D eigenvalue weighted by Crippen LogP contribution is 2.22. The summed E-state index contributed by atoms with van der Waals surface area (Å²) in [6, 6.07) is 17.4. The monoisotopic (exact) mass is 366 g/mol. The Labute approximate surface area is 156 Å². The number of fused-ring (bicyclic) bond motifs is 1. The van der Waals surface area contributed by atoms with E-state index in [1.807, 2.05) is 36.4 Å². The topological polar surface area (TPSA) is 44.8 Å². The molecule has 0 aliphatic heterocycles. The van der Waals surface area contributed by atoms with Crippen LogP contribution in [0.2, 0.25) is 0 Å². The average Bonchev–Trinajstić information content (AvgIpc) is 2.70. The third-order valence-electron chi connectivity index (χ3n) is 3.89. The van der Waals surface area contributed by atoms with Crippen molar-refractivity contribution >= 4 is 22.8 Å². The molecule has 0 aliphatic rings. The lowest BCUT2D eigenvalue weighted by molar-refractivity contribution is -0.138. The number of benzene rings is 3. The van der Waals surface area contributed by atoms with Crippen LogP contribution in [0.15, 0.2) is 66.7 Å². The van der Waals surface area contributed by atoms with Gasteiger partial charge in [0.15, 0.2) is 0 Å². The molecule has 0 bridgehead atoms. The minimum Gasteiger partial charge on any atom is -0.497 e. The molecule has 0 saturated carbocycles. The molecule has 3 rings (SSSR count). The molecule has 0 fully saturated rings. The molecule has 27 heavy (non-hydrogen) atoms. The molecular weight excluding hydrogens is 347 g/mol. The Morgan fingerprint density at radius 3 is 2.41 bits per heavy atom. The first-order valence-electron chi connectivity index (χ1n) is 8.45. The summed E-state index contributed by atoms with van der Waals surface area (Å²) < 4.78 is 28.4. The van der Waals surface area contributed by atoms with Crippen molar-refractivity contribution in [1.82, 2.24) is 0 Å². The van der Waals surface area contributed by atoms with E-state index in [4.69, 9.17) is 14.2 Å². The Hall–Kier alpha value is -3.34. The lowest BCUT2D eigenvalue weighted by atomic mass is 10.1. The van der Waals surface area contributed by atoms with Gasteiger partial charge in [0.2, 0.25) is 0 Å². The molecule has 0 amide bonds. The van der Waals surface area contributed by atoms with Crippen LogP contribution in [0.25, 0.3) is 16.8 Å². The summed E-state index contributed by atoms with van der Waals surface area (Å²) in [5.74, 6) is 0.548. The molecule has 3 aromatic carbocycles. The molecule has 4 nitrogen and oxygen atoms in total. The SMILES string of the molecule is COc1ccc2cc(/C=C/C(=O)OCCOc3ccc(F)cc3)ccc2c1. The minimum atomic E-state index is -0.451. The van der Waals surface area contributed by atoms with Gasteiger partial charge in [0.1, 0.15) is 30.5 Å². The van der Waals surface area contributed by atoms with Gasteiger partial charge in [-0.3, -0.25) is 0 Å². The summed E-state index contributed by atoms with van der Waals surface area (Å²) in [6.45, 7) is 0.307. The third-order valence-corrected chi connectivity index (χ3v) is 3.89. The van der Waals surface area contributed by atoms with E-state index in [2.05, 4.69) is 0 Å². The van der Waals surface area contributed by atoms with Gasteiger partial charge in [-0.25, -0.2) is 9.18 Å². The summed E-state index contributed by atoms with van der Waals surface area (Å²) in [6.07, 6.45) is 3.08. The van der Waals surface area contributed by atoms with Gasteiger partial charge < -0.3 is 14.2 Å². The van der Waals surface area contributed by atoms with Gasteiger partial charge in [-0.05, 0) is 64.9 Å². The van der Waals surface area contributed by atoms with Gasteiger partial charge in [-0.2, -0.15) is 0 Å². The fraction of sp³-hybridized carbons (Fsp3) is 0.136. The van der Waals surface area contributed by atoms with Crippen LogP contribution in [0, 0.1) is 5.82 Å². The largest absolute Gasteiger partial charge is 0.497 e. The summed E-state index contributed by atoms with van der Waals surface area (Å²) >= 11 is 0. The first-order valence-corrected chi connectivity index (χ1v) is 8.45. The first-order chi connectivity index (χ1) is 13.1. The van der Waals surface area contributed by atoms with E-state index in [1.54, 1.807) is 13.2 Å². The maximum absolute atomic E-state index is 12.8. The van der Waals surface area contributed by atoms with Crippen molar-refractivity contribution in [3.63, 3.8) is 0 Å². The van der Waals surface area contributed by atoms with Crippen LogP contribution in [-0.4, -0.2) is 26.3 Å². The van der Waals surface area contributed by atoms with Gasteiger partial charge in [0, 0.05) is 6.08 Å². The molecule has 3 aromatic rings. The van der Waals surface area contributed by atoms with Gasteiger partial charge >= 0.3 is 5.97 Å². The number of rotatable bonds is 7. The Morgan fingerprint density at radius 2 is 1.63 bits per heavy atom. The van der Waals surface area contributed by atoms with Crippen LogP contribution in [-0.2, 0) is 9.53 Å². The lowest BCUT2D eigenvalue weighted by Crippen LogP contribution is -2.10. The van der Waals surface area contributed by atoms with E-state index in [0.717, 1.165) is 22.1 Å². The molecular formula is C22H19FO4. The van der Waals surface area contributed by atoms with E-state index >= 15 is 0 Å². The summed E-state index contributed by atoms with van der Waals surface area (Å²) in [7, 11) is 1.63.